The normalized spacial score (nSPS) is 26.4. The number of benzene rings is 1. The van der Waals surface area contributed by atoms with Crippen molar-refractivity contribution >= 4 is 23.9 Å². The Labute approximate surface area is 223 Å². The average molecular weight is 548 g/mol. The molecule has 0 bridgehead atoms. The van der Waals surface area contributed by atoms with Gasteiger partial charge < -0.3 is 48.0 Å². The number of methoxy groups -OCH3 is 2. The van der Waals surface area contributed by atoms with Crippen LogP contribution in [0, 0.1) is 0 Å². The second kappa shape index (κ2) is 12.8. The molecule has 1 aromatic heterocycles. The molecule has 2 fully saturated rings. The molecule has 1 aromatic carbocycles. The fourth-order valence-corrected chi connectivity index (χ4v) is 4.24. The molecule has 210 valence electrons. The molecule has 13 heteroatoms. The summed E-state index contributed by atoms with van der Waals surface area (Å²) in [5, 5.41) is 12.0. The molecule has 1 amide bonds. The third kappa shape index (κ3) is 6.95. The summed E-state index contributed by atoms with van der Waals surface area (Å²) < 4.78 is 45.3. The van der Waals surface area contributed by atoms with Crippen LogP contribution in [-0.2, 0) is 38.1 Å². The Bertz CT molecular complexity index is 1180. The molecule has 3 heterocycles. The summed E-state index contributed by atoms with van der Waals surface area (Å²) in [7, 11) is 2.72. The number of hydrogen-bond donors (Lipinski definition) is 2. The summed E-state index contributed by atoms with van der Waals surface area (Å²) in [5.41, 5.74) is 0.633. The zero-order valence-corrected chi connectivity index (χ0v) is 21.4. The molecular weight excluding hydrogens is 518 g/mol. The van der Waals surface area contributed by atoms with Gasteiger partial charge in [0, 0.05) is 13.0 Å². The third-order valence-electron chi connectivity index (χ3n) is 5.93. The summed E-state index contributed by atoms with van der Waals surface area (Å²) in [6.07, 6.45) is -0.330. The van der Waals surface area contributed by atoms with Gasteiger partial charge in [-0.1, -0.05) is 6.07 Å². The van der Waals surface area contributed by atoms with Crippen molar-refractivity contribution in [2.24, 2.45) is 0 Å². The van der Waals surface area contributed by atoms with Crippen molar-refractivity contribution in [3.05, 3.63) is 54.0 Å². The largest absolute Gasteiger partial charge is 0.493 e. The zero-order chi connectivity index (χ0) is 27.9. The Morgan fingerprint density at radius 1 is 1.15 bits per heavy atom. The van der Waals surface area contributed by atoms with Gasteiger partial charge in [-0.2, -0.15) is 0 Å². The SMILES string of the molecule is COC(=O)C=Cc1ccc(OC2OC3COC(c4ccco4)OC3C(OCC(=O)O)C2NC(C)=O)c(OC)c1. The first-order valence-corrected chi connectivity index (χ1v) is 12.0. The number of furan rings is 1. The van der Waals surface area contributed by atoms with Crippen molar-refractivity contribution in [2.45, 2.75) is 43.9 Å². The molecule has 2 saturated heterocycles. The molecule has 2 aliphatic heterocycles. The summed E-state index contributed by atoms with van der Waals surface area (Å²) in [5.74, 6) is -1.17. The molecule has 0 saturated carbocycles. The lowest BCUT2D eigenvalue weighted by molar-refractivity contribution is -0.340. The highest BCUT2D eigenvalue weighted by atomic mass is 16.8. The quantitative estimate of drug-likeness (QED) is 0.327. The Morgan fingerprint density at radius 3 is 2.64 bits per heavy atom. The zero-order valence-electron chi connectivity index (χ0n) is 21.4. The Morgan fingerprint density at radius 2 is 1.97 bits per heavy atom. The number of rotatable bonds is 10. The summed E-state index contributed by atoms with van der Waals surface area (Å²) in [6.45, 7) is 0.692. The maximum Gasteiger partial charge on any atom is 0.330 e. The van der Waals surface area contributed by atoms with Gasteiger partial charge in [-0.05, 0) is 35.9 Å². The standard InChI is InChI=1S/C26H29NO12/c1-14(28)27-22-24(35-13-20(29)30)23-19(12-36-25(39-23)17-5-4-10-34-17)38-26(22)37-16-8-6-15(11-18(16)32-2)7-9-21(31)33-3/h4-11,19,22-26H,12-13H2,1-3H3,(H,27,28)(H,29,30). The van der Waals surface area contributed by atoms with E-state index in [-0.39, 0.29) is 12.4 Å². The van der Waals surface area contributed by atoms with E-state index in [9.17, 15) is 19.5 Å². The molecule has 0 radical (unpaired) electrons. The monoisotopic (exact) mass is 547 g/mol. The van der Waals surface area contributed by atoms with Crippen molar-refractivity contribution in [1.82, 2.24) is 5.32 Å². The number of ether oxygens (including phenoxy) is 7. The fourth-order valence-electron chi connectivity index (χ4n) is 4.24. The van der Waals surface area contributed by atoms with Crippen molar-refractivity contribution in [1.29, 1.82) is 0 Å². The maximum absolute atomic E-state index is 12.2. The van der Waals surface area contributed by atoms with E-state index in [0.717, 1.165) is 0 Å². The highest BCUT2D eigenvalue weighted by molar-refractivity contribution is 5.87. The highest BCUT2D eigenvalue weighted by Crippen LogP contribution is 2.38. The van der Waals surface area contributed by atoms with E-state index in [1.54, 1.807) is 36.4 Å². The van der Waals surface area contributed by atoms with Gasteiger partial charge >= 0.3 is 11.9 Å². The fraction of sp³-hybridized carbons (Fsp3) is 0.423. The minimum absolute atomic E-state index is 0.0456. The number of nitrogens with one attached hydrogen (secondary N) is 1. The van der Waals surface area contributed by atoms with E-state index >= 15 is 0 Å². The lowest BCUT2D eigenvalue weighted by Gasteiger charge is -2.48. The number of aliphatic carboxylic acids is 1. The van der Waals surface area contributed by atoms with Crippen LogP contribution in [0.1, 0.15) is 24.5 Å². The van der Waals surface area contributed by atoms with Gasteiger partial charge in [-0.15, -0.1) is 0 Å². The van der Waals surface area contributed by atoms with Gasteiger partial charge in [-0.3, -0.25) is 4.79 Å². The van der Waals surface area contributed by atoms with Crippen molar-refractivity contribution in [3.63, 3.8) is 0 Å². The number of carboxylic acid groups (broad SMARTS) is 1. The van der Waals surface area contributed by atoms with Crippen LogP contribution in [0.5, 0.6) is 11.5 Å². The van der Waals surface area contributed by atoms with Crippen molar-refractivity contribution in [2.75, 3.05) is 27.4 Å². The van der Waals surface area contributed by atoms with Crippen LogP contribution in [0.2, 0.25) is 0 Å². The van der Waals surface area contributed by atoms with E-state index in [1.165, 1.54) is 33.5 Å². The topological polar surface area (TPSA) is 161 Å². The molecule has 0 aliphatic carbocycles. The second-order valence-electron chi connectivity index (χ2n) is 8.60. The molecule has 13 nitrogen and oxygen atoms in total. The second-order valence-corrected chi connectivity index (χ2v) is 8.60. The molecule has 0 spiro atoms. The third-order valence-corrected chi connectivity index (χ3v) is 5.93. The lowest BCUT2D eigenvalue weighted by Crippen LogP contribution is -2.68. The van der Waals surface area contributed by atoms with Gasteiger partial charge in [0.1, 0.15) is 31.0 Å². The number of hydrogen-bond acceptors (Lipinski definition) is 11. The number of carbonyl (C=O) groups excluding carboxylic acids is 2. The van der Waals surface area contributed by atoms with Gasteiger partial charge in [0.25, 0.3) is 0 Å². The molecule has 2 N–H and O–H groups in total. The first kappa shape index (κ1) is 28.1. The van der Waals surface area contributed by atoms with E-state index < -0.39 is 61.4 Å². The Kier molecular flexibility index (Phi) is 9.19. The molecule has 4 rings (SSSR count). The summed E-state index contributed by atoms with van der Waals surface area (Å²) >= 11 is 0. The highest BCUT2D eigenvalue weighted by Gasteiger charge is 2.52. The number of fused-ring (bicyclic) bond motifs is 1. The van der Waals surface area contributed by atoms with Gasteiger partial charge in [0.05, 0.1) is 27.1 Å². The minimum Gasteiger partial charge on any atom is -0.493 e. The van der Waals surface area contributed by atoms with E-state index in [4.69, 9.17) is 32.8 Å². The predicted molar refractivity (Wildman–Crippen MR) is 131 cm³/mol. The van der Waals surface area contributed by atoms with Gasteiger partial charge in [0.15, 0.2) is 17.3 Å². The number of esters is 1. The van der Waals surface area contributed by atoms with Crippen molar-refractivity contribution in [3.8, 4) is 11.5 Å². The summed E-state index contributed by atoms with van der Waals surface area (Å²) in [4.78, 5) is 35.0. The van der Waals surface area contributed by atoms with Crippen LogP contribution in [0.25, 0.3) is 6.08 Å². The van der Waals surface area contributed by atoms with Gasteiger partial charge in [-0.25, -0.2) is 9.59 Å². The molecule has 6 atom stereocenters. The molecular formula is C26H29NO12. The first-order valence-electron chi connectivity index (χ1n) is 12.0. The van der Waals surface area contributed by atoms with E-state index in [2.05, 4.69) is 10.1 Å². The smallest absolute Gasteiger partial charge is 0.330 e. The van der Waals surface area contributed by atoms with Gasteiger partial charge in [0.2, 0.25) is 18.5 Å². The predicted octanol–water partition coefficient (Wildman–Crippen LogP) is 1.67. The number of carboxylic acids is 1. The molecule has 6 unspecified atom stereocenters. The van der Waals surface area contributed by atoms with Crippen LogP contribution in [0.15, 0.2) is 47.1 Å². The van der Waals surface area contributed by atoms with Crippen LogP contribution in [0.4, 0.5) is 0 Å². The molecule has 2 aliphatic rings. The number of carbonyl (C=O) groups is 3. The van der Waals surface area contributed by atoms with Crippen LogP contribution in [0.3, 0.4) is 0 Å². The Balaban J connectivity index is 1.61. The molecule has 2 aromatic rings. The minimum atomic E-state index is -1.20. The molecule has 39 heavy (non-hydrogen) atoms. The van der Waals surface area contributed by atoms with Crippen LogP contribution >= 0.6 is 0 Å². The van der Waals surface area contributed by atoms with Crippen molar-refractivity contribution < 1.29 is 57.1 Å². The maximum atomic E-state index is 12.2. The summed E-state index contributed by atoms with van der Waals surface area (Å²) in [6, 6.07) is 7.28. The first-order chi connectivity index (χ1) is 18.8. The Hall–Kier alpha value is -3.91. The van der Waals surface area contributed by atoms with Crippen LogP contribution in [-0.4, -0.2) is 81.0 Å². The van der Waals surface area contributed by atoms with Crippen LogP contribution < -0.4 is 14.8 Å². The van der Waals surface area contributed by atoms with E-state index in [0.29, 0.717) is 17.1 Å². The number of amides is 1. The average Bonchev–Trinajstić information content (AvgIpc) is 3.46. The lowest BCUT2D eigenvalue weighted by atomic mass is 9.95. The van der Waals surface area contributed by atoms with E-state index in [1.807, 2.05) is 0 Å².